The second-order valence-electron chi connectivity index (χ2n) is 11.5. The Kier molecular flexibility index (Phi) is 8.48. The van der Waals surface area contributed by atoms with Crippen LogP contribution >= 0.6 is 0 Å². The number of carbonyl (C=O) groups excluding carboxylic acids is 2. The van der Waals surface area contributed by atoms with Crippen molar-refractivity contribution in [1.82, 2.24) is 10.3 Å². The molecular weight excluding hydrogens is 492 g/mol. The zero-order chi connectivity index (χ0) is 27.3. The van der Waals surface area contributed by atoms with E-state index in [1.54, 1.807) is 24.4 Å². The molecule has 2 unspecified atom stereocenters. The average molecular weight is 531 g/mol. The van der Waals surface area contributed by atoms with E-state index in [1.807, 2.05) is 36.4 Å². The Morgan fingerprint density at radius 3 is 2.42 bits per heavy atom. The fourth-order valence-corrected chi connectivity index (χ4v) is 5.74. The molecule has 1 N–H and O–H groups in total. The van der Waals surface area contributed by atoms with Gasteiger partial charge in [0, 0.05) is 6.20 Å². The van der Waals surface area contributed by atoms with Crippen LogP contribution in [0.1, 0.15) is 48.8 Å². The molecule has 200 valence electrons. The molecule has 0 aliphatic heterocycles. The highest BCUT2D eigenvalue weighted by Gasteiger charge is 2.43. The van der Waals surface area contributed by atoms with Gasteiger partial charge in [-0.2, -0.15) is 0 Å². The number of hydrogen-bond donors (Lipinski definition) is 1. The van der Waals surface area contributed by atoms with Crippen LogP contribution in [0, 0.1) is 5.92 Å². The third-order valence-corrected chi connectivity index (χ3v) is 12.2. The summed E-state index contributed by atoms with van der Waals surface area (Å²) in [5, 5.41) is 2.81. The van der Waals surface area contributed by atoms with E-state index < -0.39 is 14.4 Å². The molecule has 2 atom stereocenters. The zero-order valence-electron chi connectivity index (χ0n) is 23.0. The highest BCUT2D eigenvalue weighted by molar-refractivity contribution is 6.74. The van der Waals surface area contributed by atoms with Crippen LogP contribution in [0.4, 0.5) is 0 Å². The van der Waals surface area contributed by atoms with Gasteiger partial charge in [-0.05, 0) is 90.8 Å². The number of hydrogen-bond acceptors (Lipinski definition) is 5. The minimum atomic E-state index is -2.26. The maximum atomic E-state index is 13.5. The number of fused-ring (bicyclic) bond motifs is 1. The van der Waals surface area contributed by atoms with Crippen molar-refractivity contribution in [2.24, 2.45) is 5.92 Å². The maximum absolute atomic E-state index is 13.5. The molecule has 0 radical (unpaired) electrons. The molecule has 3 aromatic rings. The van der Waals surface area contributed by atoms with E-state index in [0.717, 1.165) is 30.8 Å². The van der Waals surface area contributed by atoms with Crippen molar-refractivity contribution >= 4 is 20.0 Å². The zero-order valence-corrected chi connectivity index (χ0v) is 24.0. The molecule has 0 spiro atoms. The second-order valence-corrected chi connectivity index (χ2v) is 16.3. The Hall–Kier alpha value is -3.29. The molecule has 7 heteroatoms. The third kappa shape index (κ3) is 6.77. The minimum Gasteiger partial charge on any atom is -0.457 e. The molecular formula is C31H38N2O4Si. The number of ether oxygens (including phenoxy) is 1. The lowest BCUT2D eigenvalue weighted by molar-refractivity contribution is -0.131. The number of nitrogens with one attached hydrogen (secondary N) is 1. The van der Waals surface area contributed by atoms with Crippen LogP contribution in [0.3, 0.4) is 0 Å². The number of aryl methyl sites for hydroxylation is 1. The first-order valence-corrected chi connectivity index (χ1v) is 16.2. The summed E-state index contributed by atoms with van der Waals surface area (Å²) in [7, 11) is -2.26. The predicted molar refractivity (Wildman–Crippen MR) is 152 cm³/mol. The third-order valence-electron chi connectivity index (χ3n) is 7.71. The summed E-state index contributed by atoms with van der Waals surface area (Å²) < 4.78 is 12.8. The molecule has 2 aromatic carbocycles. The van der Waals surface area contributed by atoms with Crippen molar-refractivity contribution in [2.75, 3.05) is 6.54 Å². The maximum Gasteiger partial charge on any atom is 0.248 e. The van der Waals surface area contributed by atoms with Crippen molar-refractivity contribution in [3.05, 3.63) is 89.7 Å². The number of ketones is 1. The summed E-state index contributed by atoms with van der Waals surface area (Å²) in [4.78, 5) is 30.2. The van der Waals surface area contributed by atoms with Gasteiger partial charge >= 0.3 is 0 Å². The fraction of sp³-hybridized carbons (Fsp3) is 0.387. The normalized spacial score (nSPS) is 16.3. The minimum absolute atomic E-state index is 0.0162. The van der Waals surface area contributed by atoms with Gasteiger partial charge in [0.2, 0.25) is 5.91 Å². The summed E-state index contributed by atoms with van der Waals surface area (Å²) in [6.07, 6.45) is 3.35. The summed E-state index contributed by atoms with van der Waals surface area (Å²) in [5.74, 6) is 1.19. The summed E-state index contributed by atoms with van der Waals surface area (Å²) in [6, 6.07) is 21.1. The summed E-state index contributed by atoms with van der Waals surface area (Å²) in [5.41, 5.74) is 2.80. The molecule has 1 amide bonds. The summed E-state index contributed by atoms with van der Waals surface area (Å²) >= 11 is 0. The van der Waals surface area contributed by atoms with Crippen LogP contribution < -0.4 is 10.1 Å². The molecule has 0 saturated heterocycles. The topological polar surface area (TPSA) is 77.5 Å². The number of Topliss-reactive ketones (excluding diaryl/α,β-unsaturated/α-hetero) is 1. The number of aromatic nitrogens is 1. The quantitative estimate of drug-likeness (QED) is 0.257. The Morgan fingerprint density at radius 2 is 1.74 bits per heavy atom. The van der Waals surface area contributed by atoms with Crippen LogP contribution in [0.5, 0.6) is 11.5 Å². The summed E-state index contributed by atoms with van der Waals surface area (Å²) in [6.45, 7) is 10.7. The van der Waals surface area contributed by atoms with Crippen LogP contribution in [0.15, 0.2) is 72.9 Å². The Balaban J connectivity index is 1.50. The number of benzene rings is 2. The molecule has 1 heterocycles. The standard InChI is InChI=1S/C31H38N2O4Si/c1-31(2,3)38(4,5)37-29(30(35)33-21-28(34)27-13-9-10-18-32-27)24-15-14-23-20-26(17-16-22(23)19-24)36-25-11-7-6-8-12-25/h6-13,16-18,20,24,29H,14-15,19,21H2,1-5H3,(H,33,35). The van der Waals surface area contributed by atoms with Gasteiger partial charge in [-0.25, -0.2) is 0 Å². The van der Waals surface area contributed by atoms with Gasteiger partial charge in [0.25, 0.3) is 0 Å². The van der Waals surface area contributed by atoms with Crippen molar-refractivity contribution < 1.29 is 18.8 Å². The fourth-order valence-electron chi connectivity index (χ4n) is 4.45. The van der Waals surface area contributed by atoms with Crippen LogP contribution in [0.2, 0.25) is 18.1 Å². The second kappa shape index (κ2) is 11.6. The highest BCUT2D eigenvalue weighted by atomic mass is 28.4. The Bertz CT molecular complexity index is 1260. The van der Waals surface area contributed by atoms with E-state index in [-0.39, 0.29) is 29.2 Å². The molecule has 0 saturated carbocycles. The predicted octanol–water partition coefficient (Wildman–Crippen LogP) is 6.37. The van der Waals surface area contributed by atoms with E-state index in [4.69, 9.17) is 9.16 Å². The highest BCUT2D eigenvalue weighted by Crippen LogP contribution is 2.40. The van der Waals surface area contributed by atoms with Crippen molar-refractivity contribution in [2.45, 2.75) is 64.3 Å². The molecule has 4 rings (SSSR count). The molecule has 0 bridgehead atoms. The lowest BCUT2D eigenvalue weighted by Crippen LogP contribution is -2.52. The molecule has 0 fully saturated rings. The number of pyridine rings is 1. The molecule has 1 aliphatic carbocycles. The van der Waals surface area contributed by atoms with Gasteiger partial charge in [0.15, 0.2) is 14.1 Å². The number of rotatable bonds is 9. The SMILES string of the molecule is CC(C)(C)[Si](C)(C)OC(C(=O)NCC(=O)c1ccccn1)C1CCc2cc(Oc3ccccc3)ccc2C1. The molecule has 38 heavy (non-hydrogen) atoms. The number of amides is 1. The number of carbonyl (C=O) groups is 2. The van der Waals surface area contributed by atoms with Crippen LogP contribution in [-0.4, -0.2) is 37.6 Å². The average Bonchev–Trinajstić information content (AvgIpc) is 2.90. The van der Waals surface area contributed by atoms with E-state index in [2.05, 4.69) is 56.3 Å². The lowest BCUT2D eigenvalue weighted by atomic mass is 9.80. The first-order chi connectivity index (χ1) is 18.0. The van der Waals surface area contributed by atoms with E-state index in [9.17, 15) is 9.59 Å². The molecule has 1 aliphatic rings. The van der Waals surface area contributed by atoms with Gasteiger partial charge in [0.05, 0.1) is 6.54 Å². The van der Waals surface area contributed by atoms with Crippen molar-refractivity contribution in [3.8, 4) is 11.5 Å². The van der Waals surface area contributed by atoms with Gasteiger partial charge < -0.3 is 14.5 Å². The molecule has 1 aromatic heterocycles. The largest absolute Gasteiger partial charge is 0.457 e. The van der Waals surface area contributed by atoms with Crippen LogP contribution in [0.25, 0.3) is 0 Å². The number of para-hydroxylation sites is 1. The van der Waals surface area contributed by atoms with Crippen molar-refractivity contribution in [1.29, 1.82) is 0 Å². The van der Waals surface area contributed by atoms with E-state index >= 15 is 0 Å². The monoisotopic (exact) mass is 530 g/mol. The smallest absolute Gasteiger partial charge is 0.248 e. The van der Waals surface area contributed by atoms with E-state index in [0.29, 0.717) is 5.69 Å². The molecule has 6 nitrogen and oxygen atoms in total. The number of nitrogens with zero attached hydrogens (tertiary/aromatic N) is 1. The Morgan fingerprint density at radius 1 is 1.00 bits per heavy atom. The van der Waals surface area contributed by atoms with Gasteiger partial charge in [-0.15, -0.1) is 0 Å². The Labute approximate surface area is 226 Å². The first-order valence-electron chi connectivity index (χ1n) is 13.3. The lowest BCUT2D eigenvalue weighted by Gasteiger charge is -2.41. The van der Waals surface area contributed by atoms with Crippen LogP contribution in [-0.2, 0) is 22.1 Å². The first kappa shape index (κ1) is 27.7. The van der Waals surface area contributed by atoms with Gasteiger partial charge in [0.1, 0.15) is 23.3 Å². The van der Waals surface area contributed by atoms with Gasteiger partial charge in [-0.3, -0.25) is 14.6 Å². The van der Waals surface area contributed by atoms with Gasteiger partial charge in [-0.1, -0.05) is 51.1 Å². The van der Waals surface area contributed by atoms with Crippen molar-refractivity contribution in [3.63, 3.8) is 0 Å². The van der Waals surface area contributed by atoms with E-state index in [1.165, 1.54) is 11.1 Å².